The van der Waals surface area contributed by atoms with Crippen molar-refractivity contribution < 1.29 is 0 Å². The van der Waals surface area contributed by atoms with Gasteiger partial charge in [0.2, 0.25) is 5.95 Å². The average molecular weight is 296 g/mol. The van der Waals surface area contributed by atoms with Crippen molar-refractivity contribution in [3.8, 4) is 0 Å². The zero-order valence-electron chi connectivity index (χ0n) is 11.1. The molecule has 0 amide bonds. The molecule has 0 unspecified atom stereocenters. The number of rotatable bonds is 3. The van der Waals surface area contributed by atoms with E-state index in [1.54, 1.807) is 29.8 Å². The van der Waals surface area contributed by atoms with Gasteiger partial charge in [0.05, 0.1) is 16.8 Å². The van der Waals surface area contributed by atoms with Gasteiger partial charge in [0, 0.05) is 24.5 Å². The molecule has 7 heteroatoms. The van der Waals surface area contributed by atoms with Crippen LogP contribution >= 0.6 is 11.3 Å². The maximum atomic E-state index is 4.54. The van der Waals surface area contributed by atoms with Crippen LogP contribution in [-0.4, -0.2) is 33.9 Å². The molecule has 6 nitrogen and oxygen atoms in total. The summed E-state index contributed by atoms with van der Waals surface area (Å²) in [5, 5.41) is 7.19. The Hall–Kier alpha value is -2.54. The molecular formula is C14H12N6S. The molecule has 1 aliphatic heterocycles. The van der Waals surface area contributed by atoms with E-state index in [0.29, 0.717) is 5.95 Å². The van der Waals surface area contributed by atoms with Crippen LogP contribution in [0.1, 0.15) is 5.56 Å². The summed E-state index contributed by atoms with van der Waals surface area (Å²) in [4.78, 5) is 17.3. The highest BCUT2D eigenvalue weighted by molar-refractivity contribution is 7.22. The Bertz CT molecular complexity index is 811. The van der Waals surface area contributed by atoms with Crippen LogP contribution in [0.25, 0.3) is 10.2 Å². The van der Waals surface area contributed by atoms with Gasteiger partial charge < -0.3 is 10.6 Å². The fourth-order valence-electron chi connectivity index (χ4n) is 2.18. The van der Waals surface area contributed by atoms with Crippen molar-refractivity contribution in [1.29, 1.82) is 0 Å². The lowest BCUT2D eigenvalue weighted by Crippen LogP contribution is -2.19. The summed E-state index contributed by atoms with van der Waals surface area (Å²) < 4.78 is 1.11. The molecule has 3 aromatic rings. The molecule has 0 fully saturated rings. The number of nitrogens with zero attached hydrogens (tertiary/aromatic N) is 4. The highest BCUT2D eigenvalue weighted by atomic mass is 32.1. The summed E-state index contributed by atoms with van der Waals surface area (Å²) in [5.41, 5.74) is 2.06. The van der Waals surface area contributed by atoms with E-state index in [1.165, 1.54) is 0 Å². The van der Waals surface area contributed by atoms with Crippen LogP contribution in [0.2, 0.25) is 0 Å². The summed E-state index contributed by atoms with van der Waals surface area (Å²) in [7, 11) is 0. The van der Waals surface area contributed by atoms with Gasteiger partial charge in [0.25, 0.3) is 0 Å². The molecule has 2 aromatic heterocycles. The summed E-state index contributed by atoms with van der Waals surface area (Å²) in [6.45, 7) is 1.75. The maximum Gasteiger partial charge on any atom is 0.228 e. The third-order valence-corrected chi connectivity index (χ3v) is 4.05. The first kappa shape index (κ1) is 12.2. The highest BCUT2D eigenvalue weighted by Gasteiger charge is 2.11. The molecule has 0 bridgehead atoms. The van der Waals surface area contributed by atoms with Crippen molar-refractivity contribution in [2.45, 2.75) is 0 Å². The van der Waals surface area contributed by atoms with Crippen LogP contribution in [0.3, 0.4) is 0 Å². The Morgan fingerprint density at radius 1 is 1.19 bits per heavy atom. The number of hydrogen-bond donors (Lipinski definition) is 2. The van der Waals surface area contributed by atoms with Crippen LogP contribution < -0.4 is 10.6 Å². The van der Waals surface area contributed by atoms with Gasteiger partial charge >= 0.3 is 0 Å². The van der Waals surface area contributed by atoms with Gasteiger partial charge in [-0.25, -0.2) is 15.0 Å². The first-order valence-corrected chi connectivity index (χ1v) is 7.43. The first-order chi connectivity index (χ1) is 10.4. The second-order valence-electron chi connectivity index (χ2n) is 4.56. The van der Waals surface area contributed by atoms with E-state index in [9.17, 15) is 0 Å². The Kier molecular flexibility index (Phi) is 2.97. The van der Waals surface area contributed by atoms with Gasteiger partial charge in [0.15, 0.2) is 5.13 Å². The minimum atomic E-state index is 0.554. The second kappa shape index (κ2) is 5.10. The summed E-state index contributed by atoms with van der Waals surface area (Å²) in [6.07, 6.45) is 3.40. The van der Waals surface area contributed by atoms with Gasteiger partial charge in [0.1, 0.15) is 5.84 Å². The molecular weight excluding hydrogens is 284 g/mol. The molecule has 21 heavy (non-hydrogen) atoms. The number of aliphatic imine (C=N–C) groups is 1. The fourth-order valence-corrected chi connectivity index (χ4v) is 3.07. The number of aromatic nitrogens is 3. The molecule has 0 spiro atoms. The normalized spacial score (nSPS) is 14.0. The van der Waals surface area contributed by atoms with E-state index in [-0.39, 0.29) is 0 Å². The average Bonchev–Trinajstić information content (AvgIpc) is 3.16. The Labute approximate surface area is 125 Å². The molecule has 0 radical (unpaired) electrons. The minimum absolute atomic E-state index is 0.554. The third-order valence-electron chi connectivity index (χ3n) is 3.12. The van der Waals surface area contributed by atoms with E-state index in [2.05, 4.69) is 36.6 Å². The van der Waals surface area contributed by atoms with Crippen molar-refractivity contribution in [1.82, 2.24) is 20.3 Å². The quantitative estimate of drug-likeness (QED) is 0.775. The molecule has 0 atom stereocenters. The summed E-state index contributed by atoms with van der Waals surface area (Å²) in [5.74, 6) is 1.52. The number of hydrogen-bond acceptors (Lipinski definition) is 7. The Morgan fingerprint density at radius 3 is 2.90 bits per heavy atom. The zero-order chi connectivity index (χ0) is 14.1. The van der Waals surface area contributed by atoms with E-state index >= 15 is 0 Å². The minimum Gasteiger partial charge on any atom is -0.368 e. The molecule has 1 aliphatic rings. The van der Waals surface area contributed by atoms with Crippen LogP contribution in [-0.2, 0) is 0 Å². The van der Waals surface area contributed by atoms with Gasteiger partial charge in [-0.1, -0.05) is 11.3 Å². The van der Waals surface area contributed by atoms with Gasteiger partial charge in [-0.3, -0.25) is 4.99 Å². The summed E-state index contributed by atoms with van der Waals surface area (Å²) >= 11 is 1.58. The SMILES string of the molecule is c1cnc(Nc2nc3ccc(C4=NCCN4)cc3s2)nc1. The van der Waals surface area contributed by atoms with Crippen molar-refractivity contribution in [3.63, 3.8) is 0 Å². The molecule has 0 aliphatic carbocycles. The molecule has 0 saturated heterocycles. The largest absolute Gasteiger partial charge is 0.368 e. The molecule has 2 N–H and O–H groups in total. The lowest BCUT2D eigenvalue weighted by atomic mass is 10.2. The lowest BCUT2D eigenvalue weighted by molar-refractivity contribution is 0.960. The van der Waals surface area contributed by atoms with Crippen LogP contribution in [0.5, 0.6) is 0 Å². The van der Waals surface area contributed by atoms with Gasteiger partial charge in [-0.2, -0.15) is 0 Å². The first-order valence-electron chi connectivity index (χ1n) is 6.62. The van der Waals surface area contributed by atoms with E-state index in [0.717, 1.165) is 39.8 Å². The van der Waals surface area contributed by atoms with Crippen LogP contribution in [0.15, 0.2) is 41.7 Å². The Morgan fingerprint density at radius 2 is 2.10 bits per heavy atom. The monoisotopic (exact) mass is 296 g/mol. The molecule has 1 aromatic carbocycles. The zero-order valence-corrected chi connectivity index (χ0v) is 11.9. The number of benzene rings is 1. The predicted octanol–water partition coefficient (Wildman–Crippen LogP) is 2.18. The van der Waals surface area contributed by atoms with Gasteiger partial charge in [-0.15, -0.1) is 0 Å². The van der Waals surface area contributed by atoms with E-state index in [1.807, 2.05) is 12.1 Å². The predicted molar refractivity (Wildman–Crippen MR) is 84.3 cm³/mol. The summed E-state index contributed by atoms with van der Waals surface area (Å²) in [6, 6.07) is 7.95. The standard InChI is InChI=1S/C14H12N6S/c1-4-17-13(18-5-1)20-14-19-10-3-2-9(8-11(10)21-14)12-15-6-7-16-12/h1-5,8H,6-7H2,(H,15,16)(H,17,18,19,20). The van der Waals surface area contributed by atoms with E-state index < -0.39 is 0 Å². The van der Waals surface area contributed by atoms with Crippen molar-refractivity contribution in [3.05, 3.63) is 42.2 Å². The maximum absolute atomic E-state index is 4.54. The number of amidine groups is 1. The molecule has 104 valence electrons. The van der Waals surface area contributed by atoms with Crippen molar-refractivity contribution >= 4 is 38.5 Å². The Balaban J connectivity index is 1.66. The number of fused-ring (bicyclic) bond motifs is 1. The topological polar surface area (TPSA) is 75.1 Å². The third kappa shape index (κ3) is 2.43. The molecule has 4 rings (SSSR count). The van der Waals surface area contributed by atoms with Crippen molar-refractivity contribution in [2.75, 3.05) is 18.4 Å². The number of anilines is 2. The van der Waals surface area contributed by atoms with Crippen LogP contribution in [0.4, 0.5) is 11.1 Å². The molecule has 0 saturated carbocycles. The smallest absolute Gasteiger partial charge is 0.228 e. The second-order valence-corrected chi connectivity index (χ2v) is 5.59. The number of nitrogens with one attached hydrogen (secondary N) is 2. The van der Waals surface area contributed by atoms with Crippen LogP contribution in [0, 0.1) is 0 Å². The fraction of sp³-hybridized carbons (Fsp3) is 0.143. The van der Waals surface area contributed by atoms with Crippen molar-refractivity contribution in [2.24, 2.45) is 4.99 Å². The van der Waals surface area contributed by atoms with E-state index in [4.69, 9.17) is 0 Å². The molecule has 3 heterocycles. The number of thiazole rings is 1. The van der Waals surface area contributed by atoms with Gasteiger partial charge in [-0.05, 0) is 24.3 Å². The highest BCUT2D eigenvalue weighted by Crippen LogP contribution is 2.28. The lowest BCUT2D eigenvalue weighted by Gasteiger charge is -2.01.